The van der Waals surface area contributed by atoms with Crippen molar-refractivity contribution in [1.82, 2.24) is 0 Å². The Balaban J connectivity index is 1.68. The first-order valence-electron chi connectivity index (χ1n) is 8.01. The van der Waals surface area contributed by atoms with E-state index >= 15 is 0 Å². The summed E-state index contributed by atoms with van der Waals surface area (Å²) in [6, 6.07) is 14.6. The number of anilines is 2. The van der Waals surface area contributed by atoms with Crippen molar-refractivity contribution in [3.63, 3.8) is 0 Å². The number of benzene rings is 2. The number of nitrogens with one attached hydrogen (secondary N) is 2. The Morgan fingerprint density at radius 1 is 1.00 bits per heavy atom. The van der Waals surface area contributed by atoms with Gasteiger partial charge in [0.1, 0.15) is 5.41 Å². The molecule has 1 fully saturated rings. The van der Waals surface area contributed by atoms with E-state index in [9.17, 15) is 9.59 Å². The molecule has 3 rings (SSSR count). The largest absolute Gasteiger partial charge is 0.325 e. The second kappa shape index (κ2) is 6.65. The van der Waals surface area contributed by atoms with Crippen molar-refractivity contribution in [1.29, 1.82) is 0 Å². The number of rotatable bonds is 5. The van der Waals surface area contributed by atoms with E-state index in [-0.39, 0.29) is 11.8 Å². The molecule has 2 N–H and O–H groups in total. The van der Waals surface area contributed by atoms with Gasteiger partial charge < -0.3 is 10.6 Å². The summed E-state index contributed by atoms with van der Waals surface area (Å²) in [4.78, 5) is 25.1. The van der Waals surface area contributed by atoms with Crippen LogP contribution in [-0.2, 0) is 16.0 Å². The van der Waals surface area contributed by atoms with Crippen molar-refractivity contribution < 1.29 is 9.59 Å². The van der Waals surface area contributed by atoms with Crippen LogP contribution in [0.15, 0.2) is 48.5 Å². The van der Waals surface area contributed by atoms with Crippen molar-refractivity contribution in [2.45, 2.75) is 26.2 Å². The third-order valence-corrected chi connectivity index (χ3v) is 4.56. The van der Waals surface area contributed by atoms with Crippen LogP contribution in [0.1, 0.15) is 25.3 Å². The minimum absolute atomic E-state index is 0.258. The molecule has 0 radical (unpaired) electrons. The number of hydrogen-bond donors (Lipinski definition) is 2. The Bertz CT molecular complexity index is 767. The van der Waals surface area contributed by atoms with Gasteiger partial charge in [-0.3, -0.25) is 9.59 Å². The smallest absolute Gasteiger partial charge is 0.240 e. The van der Waals surface area contributed by atoms with Crippen molar-refractivity contribution in [3.8, 4) is 0 Å². The highest BCUT2D eigenvalue weighted by molar-refractivity contribution is 6.31. The summed E-state index contributed by atoms with van der Waals surface area (Å²) in [5, 5.41) is 6.17. The summed E-state index contributed by atoms with van der Waals surface area (Å²) in [6.07, 6.45) is 2.05. The van der Waals surface area contributed by atoms with Gasteiger partial charge in [-0.05, 0) is 55.2 Å². The average molecular weight is 343 g/mol. The lowest BCUT2D eigenvalue weighted by atomic mass is 10.0. The second-order valence-corrected chi connectivity index (χ2v) is 6.49. The minimum atomic E-state index is -0.980. The van der Waals surface area contributed by atoms with Crippen LogP contribution in [-0.4, -0.2) is 11.8 Å². The van der Waals surface area contributed by atoms with Crippen LogP contribution in [0, 0.1) is 5.41 Å². The number of carbonyl (C=O) groups excluding carboxylic acids is 2. The summed E-state index contributed by atoms with van der Waals surface area (Å²) >= 11 is 5.92. The summed E-state index contributed by atoms with van der Waals surface area (Å²) in [5.74, 6) is -0.543. The second-order valence-electron chi connectivity index (χ2n) is 6.05. The van der Waals surface area contributed by atoms with Gasteiger partial charge in [0.05, 0.1) is 0 Å². The number of carbonyl (C=O) groups is 2. The molecule has 0 unspecified atom stereocenters. The number of halogens is 1. The molecule has 0 aliphatic heterocycles. The predicted molar refractivity (Wildman–Crippen MR) is 96.2 cm³/mol. The summed E-state index contributed by atoms with van der Waals surface area (Å²) in [6.45, 7) is 2.08. The average Bonchev–Trinajstić information content (AvgIpc) is 3.37. The van der Waals surface area contributed by atoms with Crippen molar-refractivity contribution in [2.24, 2.45) is 5.41 Å². The van der Waals surface area contributed by atoms with Crippen molar-refractivity contribution in [3.05, 3.63) is 59.1 Å². The van der Waals surface area contributed by atoms with Crippen LogP contribution < -0.4 is 10.6 Å². The molecule has 2 aromatic rings. The zero-order chi connectivity index (χ0) is 17.2. The van der Waals surface area contributed by atoms with Gasteiger partial charge in [0.2, 0.25) is 11.8 Å². The normalized spacial score (nSPS) is 14.8. The zero-order valence-electron chi connectivity index (χ0n) is 13.4. The topological polar surface area (TPSA) is 58.2 Å². The lowest BCUT2D eigenvalue weighted by Gasteiger charge is -2.16. The summed E-state index contributed by atoms with van der Waals surface area (Å²) in [7, 11) is 0. The highest BCUT2D eigenvalue weighted by atomic mass is 35.5. The van der Waals surface area contributed by atoms with Crippen LogP contribution >= 0.6 is 11.6 Å². The maximum atomic E-state index is 12.6. The number of aryl methyl sites for hydroxylation is 1. The van der Waals surface area contributed by atoms with Gasteiger partial charge >= 0.3 is 0 Å². The Labute approximate surface area is 146 Å². The molecule has 1 aliphatic rings. The Kier molecular flexibility index (Phi) is 4.58. The Hall–Kier alpha value is -2.33. The monoisotopic (exact) mass is 342 g/mol. The van der Waals surface area contributed by atoms with Crippen LogP contribution in [0.25, 0.3) is 0 Å². The van der Waals surface area contributed by atoms with Gasteiger partial charge in [0.25, 0.3) is 0 Å². The van der Waals surface area contributed by atoms with E-state index in [1.165, 1.54) is 5.56 Å². The molecule has 0 spiro atoms. The van der Waals surface area contributed by atoms with E-state index in [1.54, 1.807) is 24.3 Å². The maximum absolute atomic E-state index is 12.6. The van der Waals surface area contributed by atoms with Gasteiger partial charge in [-0.25, -0.2) is 0 Å². The molecule has 4 nitrogen and oxygen atoms in total. The molecule has 0 bridgehead atoms. The number of hydrogen-bond acceptors (Lipinski definition) is 2. The van der Waals surface area contributed by atoms with Gasteiger partial charge in [0.15, 0.2) is 0 Å². The van der Waals surface area contributed by atoms with Crippen LogP contribution in [0.5, 0.6) is 0 Å². The molecule has 0 saturated heterocycles. The molecule has 0 atom stereocenters. The highest BCUT2D eigenvalue weighted by Crippen LogP contribution is 2.47. The fourth-order valence-electron chi connectivity index (χ4n) is 2.57. The quantitative estimate of drug-likeness (QED) is 0.798. The third-order valence-electron chi connectivity index (χ3n) is 4.32. The molecule has 5 heteroatoms. The fourth-order valence-corrected chi connectivity index (χ4v) is 2.76. The van der Waals surface area contributed by atoms with E-state index in [0.29, 0.717) is 29.2 Å². The van der Waals surface area contributed by atoms with Crippen LogP contribution in [0.4, 0.5) is 11.4 Å². The SMILES string of the molecule is CCc1ccc(NC(=O)C2(C(=O)Nc3cccc(Cl)c3)CC2)cc1. The van der Waals surface area contributed by atoms with Crippen LogP contribution in [0.3, 0.4) is 0 Å². The Morgan fingerprint density at radius 2 is 1.62 bits per heavy atom. The molecule has 0 heterocycles. The van der Waals surface area contributed by atoms with Gasteiger partial charge in [-0.15, -0.1) is 0 Å². The van der Waals surface area contributed by atoms with E-state index in [0.717, 1.165) is 6.42 Å². The molecular weight excluding hydrogens is 324 g/mol. The summed E-state index contributed by atoms with van der Waals surface area (Å²) < 4.78 is 0. The Morgan fingerprint density at radius 3 is 2.17 bits per heavy atom. The molecule has 0 aromatic heterocycles. The van der Waals surface area contributed by atoms with E-state index < -0.39 is 5.41 Å². The highest BCUT2D eigenvalue weighted by Gasteiger charge is 2.56. The molecule has 1 saturated carbocycles. The zero-order valence-corrected chi connectivity index (χ0v) is 14.2. The van der Waals surface area contributed by atoms with E-state index in [2.05, 4.69) is 17.6 Å². The van der Waals surface area contributed by atoms with Gasteiger partial charge in [-0.2, -0.15) is 0 Å². The molecule has 1 aliphatic carbocycles. The van der Waals surface area contributed by atoms with Crippen LogP contribution in [0.2, 0.25) is 5.02 Å². The molecule has 2 aromatic carbocycles. The molecule has 24 heavy (non-hydrogen) atoms. The third kappa shape index (κ3) is 3.44. The first kappa shape index (κ1) is 16.5. The lowest BCUT2D eigenvalue weighted by Crippen LogP contribution is -2.35. The predicted octanol–water partition coefficient (Wildman–Crippen LogP) is 4.26. The first-order chi connectivity index (χ1) is 11.5. The maximum Gasteiger partial charge on any atom is 0.240 e. The molecular formula is C19H19ClN2O2. The minimum Gasteiger partial charge on any atom is -0.325 e. The van der Waals surface area contributed by atoms with Gasteiger partial charge in [0, 0.05) is 16.4 Å². The first-order valence-corrected chi connectivity index (χ1v) is 8.39. The lowest BCUT2D eigenvalue weighted by molar-refractivity contribution is -0.131. The number of amides is 2. The molecule has 2 amide bonds. The fraction of sp³-hybridized carbons (Fsp3) is 0.263. The van der Waals surface area contributed by atoms with E-state index in [1.807, 2.05) is 24.3 Å². The van der Waals surface area contributed by atoms with E-state index in [4.69, 9.17) is 11.6 Å². The van der Waals surface area contributed by atoms with Crippen molar-refractivity contribution in [2.75, 3.05) is 10.6 Å². The van der Waals surface area contributed by atoms with Gasteiger partial charge in [-0.1, -0.05) is 36.7 Å². The molecule has 124 valence electrons. The van der Waals surface area contributed by atoms with Crippen molar-refractivity contribution >= 4 is 34.8 Å². The summed E-state index contributed by atoms with van der Waals surface area (Å²) in [5.41, 5.74) is 1.52. The standard InChI is InChI=1S/C19H19ClN2O2/c1-2-13-6-8-15(9-7-13)21-17(23)19(10-11-19)18(24)22-16-5-3-4-14(20)12-16/h3-9,12H,2,10-11H2,1H3,(H,21,23)(H,22,24).